The quantitative estimate of drug-likeness (QED) is 0.767. The number of rotatable bonds is 8. The molecule has 20 heavy (non-hydrogen) atoms. The normalized spacial score (nSPS) is 12.0. The van der Waals surface area contributed by atoms with Crippen LogP contribution in [0.5, 0.6) is 0 Å². The van der Waals surface area contributed by atoms with E-state index in [0.717, 1.165) is 25.9 Å². The van der Waals surface area contributed by atoms with Gasteiger partial charge in [-0.15, -0.1) is 0 Å². The molecule has 0 radical (unpaired) electrons. The zero-order valence-electron chi connectivity index (χ0n) is 12.9. The molecule has 0 aliphatic carbocycles. The van der Waals surface area contributed by atoms with Crippen LogP contribution in [-0.4, -0.2) is 31.6 Å². The van der Waals surface area contributed by atoms with E-state index in [1.54, 1.807) is 0 Å². The monoisotopic (exact) mass is 277 g/mol. The number of benzene rings is 1. The Labute approximate surface area is 122 Å². The molecule has 0 saturated heterocycles. The molecule has 1 aromatic rings. The van der Waals surface area contributed by atoms with E-state index in [9.17, 15) is 4.79 Å². The lowest BCUT2D eigenvalue weighted by molar-refractivity contribution is 0.0953. The molecule has 1 rings (SSSR count). The number of carbonyl (C=O) groups is 1. The topological polar surface area (TPSA) is 58.4 Å². The summed E-state index contributed by atoms with van der Waals surface area (Å²) in [6.45, 7) is 8.89. The van der Waals surface area contributed by atoms with Gasteiger partial charge in [0.25, 0.3) is 5.91 Å². The Morgan fingerprint density at radius 2 is 1.95 bits per heavy atom. The van der Waals surface area contributed by atoms with Gasteiger partial charge in [-0.3, -0.25) is 4.79 Å². The molecule has 1 atom stereocenters. The number of anilines is 1. The van der Waals surface area contributed by atoms with E-state index in [1.807, 2.05) is 31.2 Å². The maximum absolute atomic E-state index is 11.9. The van der Waals surface area contributed by atoms with Crippen molar-refractivity contribution in [2.24, 2.45) is 5.73 Å². The van der Waals surface area contributed by atoms with Crippen molar-refractivity contribution in [3.63, 3.8) is 0 Å². The van der Waals surface area contributed by atoms with Crippen LogP contribution in [0.2, 0.25) is 0 Å². The van der Waals surface area contributed by atoms with Crippen LogP contribution in [0, 0.1) is 0 Å². The summed E-state index contributed by atoms with van der Waals surface area (Å²) in [5.41, 5.74) is 7.53. The zero-order chi connectivity index (χ0) is 15.0. The largest absolute Gasteiger partial charge is 0.372 e. The average Bonchev–Trinajstić information content (AvgIpc) is 2.44. The molecule has 0 fully saturated rings. The van der Waals surface area contributed by atoms with Crippen molar-refractivity contribution in [1.29, 1.82) is 0 Å². The van der Waals surface area contributed by atoms with Gasteiger partial charge in [-0.05, 0) is 51.0 Å². The van der Waals surface area contributed by atoms with Crippen LogP contribution >= 0.6 is 0 Å². The number of hydrogen-bond donors (Lipinski definition) is 2. The first kappa shape index (κ1) is 16.5. The van der Waals surface area contributed by atoms with Crippen molar-refractivity contribution in [2.75, 3.05) is 24.5 Å². The lowest BCUT2D eigenvalue weighted by atomic mass is 10.1. The third-order valence-electron chi connectivity index (χ3n) is 3.26. The molecule has 0 aliphatic heterocycles. The minimum absolute atomic E-state index is 0.0317. The van der Waals surface area contributed by atoms with Gasteiger partial charge in [-0.1, -0.05) is 6.92 Å². The van der Waals surface area contributed by atoms with Crippen LogP contribution in [0.4, 0.5) is 5.69 Å². The number of hydrogen-bond acceptors (Lipinski definition) is 3. The van der Waals surface area contributed by atoms with Crippen molar-refractivity contribution in [1.82, 2.24) is 5.32 Å². The third kappa shape index (κ3) is 5.21. The molecule has 0 aromatic heterocycles. The summed E-state index contributed by atoms with van der Waals surface area (Å²) in [5.74, 6) is -0.0317. The second-order valence-electron chi connectivity index (χ2n) is 5.15. The fraction of sp³-hybridized carbons (Fsp3) is 0.562. The summed E-state index contributed by atoms with van der Waals surface area (Å²) in [5, 5.41) is 2.89. The van der Waals surface area contributed by atoms with Crippen LogP contribution < -0.4 is 16.0 Å². The molecule has 0 saturated carbocycles. The highest BCUT2D eigenvalue weighted by Crippen LogP contribution is 2.15. The van der Waals surface area contributed by atoms with E-state index >= 15 is 0 Å². The molecule has 4 nitrogen and oxygen atoms in total. The summed E-state index contributed by atoms with van der Waals surface area (Å²) in [4.78, 5) is 14.2. The van der Waals surface area contributed by atoms with Crippen molar-refractivity contribution in [3.05, 3.63) is 29.8 Å². The number of nitrogens with two attached hydrogens (primary N) is 1. The molecule has 0 aliphatic rings. The van der Waals surface area contributed by atoms with Gasteiger partial charge in [-0.2, -0.15) is 0 Å². The molecule has 3 N–H and O–H groups in total. The van der Waals surface area contributed by atoms with Gasteiger partial charge in [0.1, 0.15) is 0 Å². The van der Waals surface area contributed by atoms with Crippen molar-refractivity contribution < 1.29 is 4.79 Å². The van der Waals surface area contributed by atoms with Gasteiger partial charge < -0.3 is 16.0 Å². The van der Waals surface area contributed by atoms with Gasteiger partial charge in [0.15, 0.2) is 0 Å². The standard InChI is InChI=1S/C16H27N3O/c1-4-12-19(5-2)15-8-6-14(7-9-15)16(20)18-11-10-13(3)17/h6-9,13H,4-5,10-12,17H2,1-3H3,(H,18,20). The van der Waals surface area contributed by atoms with Gasteiger partial charge in [0.05, 0.1) is 0 Å². The molecule has 4 heteroatoms. The third-order valence-corrected chi connectivity index (χ3v) is 3.26. The highest BCUT2D eigenvalue weighted by molar-refractivity contribution is 5.94. The Morgan fingerprint density at radius 1 is 1.30 bits per heavy atom. The number of amides is 1. The highest BCUT2D eigenvalue weighted by Gasteiger charge is 2.07. The summed E-state index contributed by atoms with van der Waals surface area (Å²) >= 11 is 0. The summed E-state index contributed by atoms with van der Waals surface area (Å²) in [6, 6.07) is 7.91. The van der Waals surface area contributed by atoms with Crippen molar-refractivity contribution in [2.45, 2.75) is 39.7 Å². The second-order valence-corrected chi connectivity index (χ2v) is 5.15. The lowest BCUT2D eigenvalue weighted by Gasteiger charge is -2.22. The number of nitrogens with one attached hydrogen (secondary N) is 1. The SMILES string of the molecule is CCCN(CC)c1ccc(C(=O)NCCC(C)N)cc1. The molecular weight excluding hydrogens is 250 g/mol. The molecule has 1 unspecified atom stereocenters. The molecule has 0 heterocycles. The van der Waals surface area contributed by atoms with Gasteiger partial charge in [-0.25, -0.2) is 0 Å². The zero-order valence-corrected chi connectivity index (χ0v) is 12.9. The van der Waals surface area contributed by atoms with Crippen molar-refractivity contribution >= 4 is 11.6 Å². The van der Waals surface area contributed by atoms with Crippen LogP contribution in [0.15, 0.2) is 24.3 Å². The van der Waals surface area contributed by atoms with E-state index in [4.69, 9.17) is 5.73 Å². The van der Waals surface area contributed by atoms with Crippen molar-refractivity contribution in [3.8, 4) is 0 Å². The Balaban J connectivity index is 2.59. The van der Waals surface area contributed by atoms with E-state index in [2.05, 4.69) is 24.1 Å². The van der Waals surface area contributed by atoms with Gasteiger partial charge >= 0.3 is 0 Å². The van der Waals surface area contributed by atoms with Crippen LogP contribution in [0.3, 0.4) is 0 Å². The second kappa shape index (κ2) is 8.59. The first-order chi connectivity index (χ1) is 9.58. The smallest absolute Gasteiger partial charge is 0.251 e. The maximum Gasteiger partial charge on any atom is 0.251 e. The summed E-state index contributed by atoms with van der Waals surface area (Å²) in [7, 11) is 0. The Hall–Kier alpha value is -1.55. The molecule has 112 valence electrons. The van der Waals surface area contributed by atoms with E-state index in [0.29, 0.717) is 12.1 Å². The fourth-order valence-corrected chi connectivity index (χ4v) is 2.08. The maximum atomic E-state index is 11.9. The summed E-state index contributed by atoms with van der Waals surface area (Å²) in [6.07, 6.45) is 1.91. The van der Waals surface area contributed by atoms with E-state index < -0.39 is 0 Å². The first-order valence-electron chi connectivity index (χ1n) is 7.47. The average molecular weight is 277 g/mol. The van der Waals surface area contributed by atoms with E-state index in [-0.39, 0.29) is 11.9 Å². The first-order valence-corrected chi connectivity index (χ1v) is 7.47. The Morgan fingerprint density at radius 3 is 2.45 bits per heavy atom. The van der Waals surface area contributed by atoms with Gasteiger partial charge in [0.2, 0.25) is 0 Å². The Bertz CT molecular complexity index is 401. The predicted octanol–water partition coefficient (Wildman–Crippen LogP) is 2.39. The Kier molecular flexibility index (Phi) is 7.09. The van der Waals surface area contributed by atoms with Crippen LogP contribution in [0.25, 0.3) is 0 Å². The van der Waals surface area contributed by atoms with Gasteiger partial charge in [0, 0.05) is 36.9 Å². The van der Waals surface area contributed by atoms with Crippen LogP contribution in [0.1, 0.15) is 44.0 Å². The van der Waals surface area contributed by atoms with E-state index in [1.165, 1.54) is 5.69 Å². The molecule has 1 amide bonds. The molecule has 0 bridgehead atoms. The molecular formula is C16H27N3O. The lowest BCUT2D eigenvalue weighted by Crippen LogP contribution is -2.29. The van der Waals surface area contributed by atoms with Crippen LogP contribution in [-0.2, 0) is 0 Å². The summed E-state index contributed by atoms with van der Waals surface area (Å²) < 4.78 is 0. The predicted molar refractivity (Wildman–Crippen MR) is 85.2 cm³/mol. The highest BCUT2D eigenvalue weighted by atomic mass is 16.1. The minimum Gasteiger partial charge on any atom is -0.372 e. The fourth-order valence-electron chi connectivity index (χ4n) is 2.08. The number of carbonyl (C=O) groups excluding carboxylic acids is 1. The number of nitrogens with zero attached hydrogens (tertiary/aromatic N) is 1. The minimum atomic E-state index is -0.0317. The molecule has 1 aromatic carbocycles. The molecule has 0 spiro atoms.